The van der Waals surface area contributed by atoms with Crippen LogP contribution in [-0.2, 0) is 9.53 Å². The van der Waals surface area contributed by atoms with E-state index in [0.717, 1.165) is 45.6 Å². The molecule has 2 aliphatic rings. The summed E-state index contributed by atoms with van der Waals surface area (Å²) in [6, 6.07) is 0. The Bertz CT molecular complexity index is 175. The smallest absolute Gasteiger partial charge is 0.222 e. The molecule has 0 radical (unpaired) electrons. The van der Waals surface area contributed by atoms with E-state index in [1.807, 2.05) is 4.90 Å². The van der Waals surface area contributed by atoms with Crippen molar-refractivity contribution >= 4 is 5.91 Å². The minimum atomic E-state index is 0.335. The van der Waals surface area contributed by atoms with E-state index in [4.69, 9.17) is 4.74 Å². The Hall–Kier alpha value is -0.570. The SMILES string of the molecule is O=C1CCCN1C[C@H]1CCOC1. The van der Waals surface area contributed by atoms with E-state index in [2.05, 4.69) is 0 Å². The molecule has 0 spiro atoms. The molecule has 0 bridgehead atoms. The molecule has 0 aromatic rings. The zero-order valence-electron chi connectivity index (χ0n) is 7.29. The van der Waals surface area contributed by atoms with Crippen molar-refractivity contribution in [1.29, 1.82) is 0 Å². The van der Waals surface area contributed by atoms with E-state index in [-0.39, 0.29) is 0 Å². The van der Waals surface area contributed by atoms with Crippen LogP contribution in [0.2, 0.25) is 0 Å². The molecule has 1 amide bonds. The molecule has 2 heterocycles. The van der Waals surface area contributed by atoms with Gasteiger partial charge in [0.05, 0.1) is 6.61 Å². The molecule has 2 aliphatic heterocycles. The molecule has 0 aromatic carbocycles. The highest BCUT2D eigenvalue weighted by molar-refractivity contribution is 5.78. The fraction of sp³-hybridized carbons (Fsp3) is 0.889. The first-order valence-electron chi connectivity index (χ1n) is 4.72. The van der Waals surface area contributed by atoms with Crippen LogP contribution in [0.15, 0.2) is 0 Å². The molecule has 1 atom stereocenters. The average molecular weight is 169 g/mol. The fourth-order valence-electron chi connectivity index (χ4n) is 1.94. The third kappa shape index (κ3) is 1.61. The topological polar surface area (TPSA) is 29.5 Å². The zero-order chi connectivity index (χ0) is 8.39. The van der Waals surface area contributed by atoms with Crippen molar-refractivity contribution in [2.75, 3.05) is 26.3 Å². The lowest BCUT2D eigenvalue weighted by molar-refractivity contribution is -0.128. The van der Waals surface area contributed by atoms with Crippen LogP contribution in [-0.4, -0.2) is 37.1 Å². The maximum Gasteiger partial charge on any atom is 0.222 e. The van der Waals surface area contributed by atoms with Crippen LogP contribution in [0, 0.1) is 5.92 Å². The number of likely N-dealkylation sites (tertiary alicyclic amines) is 1. The van der Waals surface area contributed by atoms with Gasteiger partial charge in [0.1, 0.15) is 0 Å². The molecule has 0 N–H and O–H groups in total. The van der Waals surface area contributed by atoms with E-state index in [9.17, 15) is 4.79 Å². The van der Waals surface area contributed by atoms with Gasteiger partial charge in [-0.05, 0) is 12.8 Å². The molecule has 2 rings (SSSR count). The number of rotatable bonds is 2. The van der Waals surface area contributed by atoms with Gasteiger partial charge < -0.3 is 9.64 Å². The number of ether oxygens (including phenoxy) is 1. The van der Waals surface area contributed by atoms with Gasteiger partial charge >= 0.3 is 0 Å². The highest BCUT2D eigenvalue weighted by Crippen LogP contribution is 2.17. The van der Waals surface area contributed by atoms with Crippen molar-refractivity contribution in [1.82, 2.24) is 4.90 Å². The summed E-state index contributed by atoms with van der Waals surface area (Å²) in [6.45, 7) is 3.63. The van der Waals surface area contributed by atoms with Gasteiger partial charge in [-0.15, -0.1) is 0 Å². The predicted octanol–water partition coefficient (Wildman–Crippen LogP) is 0.645. The van der Waals surface area contributed by atoms with Gasteiger partial charge in [0.2, 0.25) is 5.91 Å². The van der Waals surface area contributed by atoms with Crippen LogP contribution in [0.5, 0.6) is 0 Å². The van der Waals surface area contributed by atoms with Gasteiger partial charge in [-0.2, -0.15) is 0 Å². The molecular formula is C9H15NO2. The number of hydrogen-bond donors (Lipinski definition) is 0. The summed E-state index contributed by atoms with van der Waals surface area (Å²) in [5.74, 6) is 0.939. The monoisotopic (exact) mass is 169 g/mol. The third-order valence-corrected chi connectivity index (χ3v) is 2.67. The average Bonchev–Trinajstić information content (AvgIpc) is 2.65. The Morgan fingerprint density at radius 1 is 1.58 bits per heavy atom. The maximum atomic E-state index is 11.2. The van der Waals surface area contributed by atoms with Crippen molar-refractivity contribution in [3.8, 4) is 0 Å². The number of hydrogen-bond acceptors (Lipinski definition) is 2. The molecular weight excluding hydrogens is 154 g/mol. The van der Waals surface area contributed by atoms with E-state index < -0.39 is 0 Å². The lowest BCUT2D eigenvalue weighted by atomic mass is 10.1. The van der Waals surface area contributed by atoms with Gasteiger partial charge in [0.15, 0.2) is 0 Å². The van der Waals surface area contributed by atoms with Crippen LogP contribution in [0.1, 0.15) is 19.3 Å². The van der Waals surface area contributed by atoms with Crippen LogP contribution in [0.25, 0.3) is 0 Å². The minimum Gasteiger partial charge on any atom is -0.381 e. The summed E-state index contributed by atoms with van der Waals surface area (Å²) >= 11 is 0. The highest BCUT2D eigenvalue weighted by atomic mass is 16.5. The molecule has 2 fully saturated rings. The van der Waals surface area contributed by atoms with Gasteiger partial charge in [-0.25, -0.2) is 0 Å². The molecule has 0 aromatic heterocycles. The molecule has 0 aliphatic carbocycles. The largest absolute Gasteiger partial charge is 0.381 e. The Balaban J connectivity index is 1.81. The van der Waals surface area contributed by atoms with Gasteiger partial charge in [0, 0.05) is 32.0 Å². The summed E-state index contributed by atoms with van der Waals surface area (Å²) in [5, 5.41) is 0. The summed E-state index contributed by atoms with van der Waals surface area (Å²) in [5.41, 5.74) is 0. The molecule has 12 heavy (non-hydrogen) atoms. The Morgan fingerprint density at radius 2 is 2.50 bits per heavy atom. The number of amides is 1. The first-order chi connectivity index (χ1) is 5.86. The first kappa shape index (κ1) is 8.05. The normalized spacial score (nSPS) is 30.2. The van der Waals surface area contributed by atoms with E-state index in [1.165, 1.54) is 0 Å². The molecule has 0 unspecified atom stereocenters. The number of carbonyl (C=O) groups excluding carboxylic acids is 1. The lowest BCUT2D eigenvalue weighted by Gasteiger charge is -2.18. The fourth-order valence-corrected chi connectivity index (χ4v) is 1.94. The van der Waals surface area contributed by atoms with Crippen molar-refractivity contribution in [3.05, 3.63) is 0 Å². The van der Waals surface area contributed by atoms with Crippen molar-refractivity contribution in [2.24, 2.45) is 5.92 Å². The Labute approximate surface area is 72.7 Å². The molecule has 0 saturated carbocycles. The Kier molecular flexibility index (Phi) is 2.30. The molecule has 3 nitrogen and oxygen atoms in total. The Morgan fingerprint density at radius 3 is 3.08 bits per heavy atom. The van der Waals surface area contributed by atoms with Crippen molar-refractivity contribution < 1.29 is 9.53 Å². The van der Waals surface area contributed by atoms with Crippen molar-refractivity contribution in [2.45, 2.75) is 19.3 Å². The highest BCUT2D eigenvalue weighted by Gasteiger charge is 2.25. The second kappa shape index (κ2) is 3.44. The molecule has 3 heteroatoms. The molecule has 68 valence electrons. The summed E-state index contributed by atoms with van der Waals surface area (Å²) in [4.78, 5) is 13.2. The van der Waals surface area contributed by atoms with Crippen LogP contribution >= 0.6 is 0 Å². The summed E-state index contributed by atoms with van der Waals surface area (Å²) in [7, 11) is 0. The van der Waals surface area contributed by atoms with E-state index >= 15 is 0 Å². The van der Waals surface area contributed by atoms with Crippen LogP contribution in [0.3, 0.4) is 0 Å². The van der Waals surface area contributed by atoms with Crippen LogP contribution < -0.4 is 0 Å². The first-order valence-corrected chi connectivity index (χ1v) is 4.72. The van der Waals surface area contributed by atoms with Gasteiger partial charge in [-0.3, -0.25) is 4.79 Å². The van der Waals surface area contributed by atoms with Gasteiger partial charge in [-0.1, -0.05) is 0 Å². The maximum absolute atomic E-state index is 11.2. The van der Waals surface area contributed by atoms with Crippen molar-refractivity contribution in [3.63, 3.8) is 0 Å². The standard InChI is InChI=1S/C9H15NO2/c11-9-2-1-4-10(9)6-8-3-5-12-7-8/h8H,1-7H2/t8-/m1/s1. The summed E-state index contributed by atoms with van der Waals surface area (Å²) < 4.78 is 5.26. The third-order valence-electron chi connectivity index (χ3n) is 2.67. The summed E-state index contributed by atoms with van der Waals surface area (Å²) in [6.07, 6.45) is 2.93. The zero-order valence-corrected chi connectivity index (χ0v) is 7.29. The molecule has 2 saturated heterocycles. The van der Waals surface area contributed by atoms with E-state index in [1.54, 1.807) is 0 Å². The predicted molar refractivity (Wildman–Crippen MR) is 44.7 cm³/mol. The number of nitrogens with zero attached hydrogens (tertiary/aromatic N) is 1. The number of carbonyl (C=O) groups is 1. The quantitative estimate of drug-likeness (QED) is 0.607. The van der Waals surface area contributed by atoms with Crippen LogP contribution in [0.4, 0.5) is 0 Å². The second-order valence-electron chi connectivity index (χ2n) is 3.67. The minimum absolute atomic E-state index is 0.335. The van der Waals surface area contributed by atoms with E-state index in [0.29, 0.717) is 11.8 Å². The lowest BCUT2D eigenvalue weighted by Crippen LogP contribution is -2.30. The second-order valence-corrected chi connectivity index (χ2v) is 3.67. The van der Waals surface area contributed by atoms with Gasteiger partial charge in [0.25, 0.3) is 0 Å².